The van der Waals surface area contributed by atoms with Crippen molar-refractivity contribution in [3.05, 3.63) is 0 Å². The van der Waals surface area contributed by atoms with Crippen molar-refractivity contribution in [2.45, 2.75) is 30.8 Å². The van der Waals surface area contributed by atoms with Gasteiger partial charge in [-0.15, -0.1) is 0 Å². The van der Waals surface area contributed by atoms with Crippen LogP contribution in [0.5, 0.6) is 0 Å². The molecule has 0 aromatic carbocycles. The highest BCUT2D eigenvalue weighted by Crippen LogP contribution is 2.24. The van der Waals surface area contributed by atoms with E-state index in [2.05, 4.69) is 17.3 Å². The molecule has 1 heterocycles. The number of nitrogens with zero attached hydrogens (tertiary/aromatic N) is 1. The second-order valence-electron chi connectivity index (χ2n) is 4.93. The Hall–Kier alpha value is -0.650. The summed E-state index contributed by atoms with van der Waals surface area (Å²) in [5, 5.41) is 2.89. The number of ether oxygens (including phenoxy) is 1. The summed E-state index contributed by atoms with van der Waals surface area (Å²) in [6.07, 6.45) is 3.20. The van der Waals surface area contributed by atoms with Crippen molar-refractivity contribution in [1.82, 2.24) is 10.2 Å². The fraction of sp³-hybridized carbons (Fsp3) is 0.909. The van der Waals surface area contributed by atoms with Gasteiger partial charge in [0, 0.05) is 25.7 Å². The Labute approximate surface area is 96.3 Å². The van der Waals surface area contributed by atoms with Crippen LogP contribution in [0.15, 0.2) is 0 Å². The maximum atomic E-state index is 11.8. The summed E-state index contributed by atoms with van der Waals surface area (Å²) in [4.78, 5) is 14.1. The maximum Gasteiger partial charge on any atom is 0.242 e. The Bertz CT molecular complexity index is 260. The van der Waals surface area contributed by atoms with Gasteiger partial charge in [0.2, 0.25) is 5.91 Å². The summed E-state index contributed by atoms with van der Waals surface area (Å²) in [6.45, 7) is 2.50. The lowest BCUT2D eigenvalue weighted by molar-refractivity contribution is -0.126. The van der Waals surface area contributed by atoms with E-state index in [1.165, 1.54) is 12.8 Å². The number of amides is 1. The lowest BCUT2D eigenvalue weighted by Gasteiger charge is -2.22. The minimum atomic E-state index is -0.793. The van der Waals surface area contributed by atoms with Crippen LogP contribution in [0.3, 0.4) is 0 Å². The molecule has 0 spiro atoms. The largest absolute Gasteiger partial charge is 0.379 e. The Morgan fingerprint density at radius 1 is 1.62 bits per heavy atom. The van der Waals surface area contributed by atoms with E-state index in [1.54, 1.807) is 0 Å². The third-order valence-corrected chi connectivity index (χ3v) is 3.42. The number of carbonyl (C=O) groups excluding carboxylic acids is 1. The molecule has 5 heteroatoms. The van der Waals surface area contributed by atoms with Gasteiger partial charge in [0.05, 0.1) is 6.61 Å². The molecule has 1 saturated carbocycles. The van der Waals surface area contributed by atoms with Gasteiger partial charge in [0.25, 0.3) is 0 Å². The van der Waals surface area contributed by atoms with E-state index in [9.17, 15) is 4.79 Å². The molecule has 3 N–H and O–H groups in total. The first-order valence-corrected chi connectivity index (χ1v) is 5.97. The highest BCUT2D eigenvalue weighted by atomic mass is 16.5. The Morgan fingerprint density at radius 3 is 2.94 bits per heavy atom. The van der Waals surface area contributed by atoms with Gasteiger partial charge < -0.3 is 20.7 Å². The first-order valence-electron chi connectivity index (χ1n) is 5.97. The number of nitrogens with one attached hydrogen (secondary N) is 1. The molecular weight excluding hydrogens is 206 g/mol. The molecule has 1 aliphatic carbocycles. The first-order chi connectivity index (χ1) is 7.62. The molecule has 1 unspecified atom stereocenters. The Kier molecular flexibility index (Phi) is 3.47. The van der Waals surface area contributed by atoms with E-state index >= 15 is 0 Å². The molecule has 1 saturated heterocycles. The van der Waals surface area contributed by atoms with Crippen molar-refractivity contribution in [3.63, 3.8) is 0 Å². The van der Waals surface area contributed by atoms with Crippen LogP contribution in [-0.4, -0.2) is 55.7 Å². The Morgan fingerprint density at radius 2 is 2.38 bits per heavy atom. The van der Waals surface area contributed by atoms with Gasteiger partial charge in [0.1, 0.15) is 5.54 Å². The zero-order chi connectivity index (χ0) is 11.6. The van der Waals surface area contributed by atoms with Crippen molar-refractivity contribution in [3.8, 4) is 0 Å². The summed E-state index contributed by atoms with van der Waals surface area (Å²) in [5.41, 5.74) is 5.15. The molecule has 1 amide bonds. The molecule has 2 rings (SSSR count). The van der Waals surface area contributed by atoms with Crippen molar-refractivity contribution in [2.75, 3.05) is 33.4 Å². The molecule has 0 aromatic heterocycles. The maximum absolute atomic E-state index is 11.8. The SMILES string of the molecule is CN(CCNC(=O)C1(N)CCOC1)C1CC1. The molecule has 0 bridgehead atoms. The van der Waals surface area contributed by atoms with Crippen LogP contribution in [0.25, 0.3) is 0 Å². The second kappa shape index (κ2) is 4.69. The summed E-state index contributed by atoms with van der Waals surface area (Å²) in [5.74, 6) is -0.0748. The van der Waals surface area contributed by atoms with Crippen LogP contribution in [-0.2, 0) is 9.53 Å². The van der Waals surface area contributed by atoms with Crippen LogP contribution < -0.4 is 11.1 Å². The van der Waals surface area contributed by atoms with Crippen molar-refractivity contribution >= 4 is 5.91 Å². The standard InChI is InChI=1S/C11H21N3O2/c1-14(9-2-3-9)6-5-13-10(15)11(12)4-7-16-8-11/h9H,2-8,12H2,1H3,(H,13,15). The summed E-state index contributed by atoms with van der Waals surface area (Å²) in [7, 11) is 2.10. The van der Waals surface area contributed by atoms with Gasteiger partial charge in [0.15, 0.2) is 0 Å². The predicted molar refractivity (Wildman–Crippen MR) is 61.0 cm³/mol. The molecule has 2 fully saturated rings. The van der Waals surface area contributed by atoms with Crippen LogP contribution in [0.2, 0.25) is 0 Å². The van der Waals surface area contributed by atoms with E-state index in [0.29, 0.717) is 26.2 Å². The van der Waals surface area contributed by atoms with Gasteiger partial charge in [-0.25, -0.2) is 0 Å². The fourth-order valence-corrected chi connectivity index (χ4v) is 1.98. The minimum Gasteiger partial charge on any atom is -0.379 e. The highest BCUT2D eigenvalue weighted by molar-refractivity contribution is 5.86. The van der Waals surface area contributed by atoms with E-state index in [4.69, 9.17) is 10.5 Å². The lowest BCUT2D eigenvalue weighted by Crippen LogP contribution is -2.55. The molecule has 0 aromatic rings. The van der Waals surface area contributed by atoms with Gasteiger partial charge in [-0.3, -0.25) is 4.79 Å². The predicted octanol–water partition coefficient (Wildman–Crippen LogP) is -0.685. The molecule has 1 aliphatic heterocycles. The van der Waals surface area contributed by atoms with Gasteiger partial charge in [-0.05, 0) is 26.3 Å². The number of rotatable bonds is 5. The normalized spacial score (nSPS) is 29.7. The summed E-state index contributed by atoms with van der Waals surface area (Å²) in [6, 6.07) is 0.735. The van der Waals surface area contributed by atoms with E-state index in [-0.39, 0.29) is 5.91 Å². The summed E-state index contributed by atoms with van der Waals surface area (Å²) < 4.78 is 5.16. The zero-order valence-corrected chi connectivity index (χ0v) is 9.87. The van der Waals surface area contributed by atoms with Crippen LogP contribution in [0.1, 0.15) is 19.3 Å². The lowest BCUT2D eigenvalue weighted by atomic mass is 9.99. The van der Waals surface area contributed by atoms with E-state index in [0.717, 1.165) is 12.6 Å². The monoisotopic (exact) mass is 227 g/mol. The quantitative estimate of drug-likeness (QED) is 0.652. The topological polar surface area (TPSA) is 67.6 Å². The first kappa shape index (κ1) is 11.8. The molecule has 0 radical (unpaired) electrons. The van der Waals surface area contributed by atoms with Gasteiger partial charge >= 0.3 is 0 Å². The van der Waals surface area contributed by atoms with Crippen molar-refractivity contribution in [2.24, 2.45) is 5.73 Å². The third kappa shape index (κ3) is 2.72. The third-order valence-electron chi connectivity index (χ3n) is 3.42. The molecular formula is C11H21N3O2. The zero-order valence-electron chi connectivity index (χ0n) is 9.87. The Balaban J connectivity index is 1.66. The molecule has 92 valence electrons. The minimum absolute atomic E-state index is 0.0748. The number of hydrogen-bond acceptors (Lipinski definition) is 4. The second-order valence-corrected chi connectivity index (χ2v) is 4.93. The fourth-order valence-electron chi connectivity index (χ4n) is 1.98. The highest BCUT2D eigenvalue weighted by Gasteiger charge is 2.38. The van der Waals surface area contributed by atoms with Crippen LogP contribution in [0, 0.1) is 0 Å². The average molecular weight is 227 g/mol. The molecule has 5 nitrogen and oxygen atoms in total. The van der Waals surface area contributed by atoms with Gasteiger partial charge in [-0.2, -0.15) is 0 Å². The van der Waals surface area contributed by atoms with Crippen LogP contribution in [0.4, 0.5) is 0 Å². The average Bonchev–Trinajstić information content (AvgIpc) is 3.01. The molecule has 1 atom stereocenters. The van der Waals surface area contributed by atoms with Gasteiger partial charge in [-0.1, -0.05) is 0 Å². The van der Waals surface area contributed by atoms with Crippen molar-refractivity contribution in [1.29, 1.82) is 0 Å². The number of carbonyl (C=O) groups is 1. The van der Waals surface area contributed by atoms with Crippen LogP contribution >= 0.6 is 0 Å². The molecule has 2 aliphatic rings. The number of likely N-dealkylation sites (N-methyl/N-ethyl adjacent to an activating group) is 1. The number of hydrogen-bond donors (Lipinski definition) is 2. The van der Waals surface area contributed by atoms with E-state index in [1.807, 2.05) is 0 Å². The van der Waals surface area contributed by atoms with Crippen molar-refractivity contribution < 1.29 is 9.53 Å². The summed E-state index contributed by atoms with van der Waals surface area (Å²) >= 11 is 0. The smallest absolute Gasteiger partial charge is 0.242 e. The number of nitrogens with two attached hydrogens (primary N) is 1. The molecule has 16 heavy (non-hydrogen) atoms. The van der Waals surface area contributed by atoms with E-state index < -0.39 is 5.54 Å².